The number of carbonyl (C=O) groups is 1. The third kappa shape index (κ3) is 2.31. The molecule has 2 heterocycles. The van der Waals surface area contributed by atoms with Crippen LogP contribution in [0.15, 0.2) is 33.3 Å². The van der Waals surface area contributed by atoms with Crippen LogP contribution in [0.5, 0.6) is 0 Å². The van der Waals surface area contributed by atoms with E-state index in [4.69, 9.17) is 0 Å². The predicted molar refractivity (Wildman–Crippen MR) is 75.4 cm³/mol. The number of fused-ring (bicyclic) bond motifs is 1. The van der Waals surface area contributed by atoms with Crippen molar-refractivity contribution in [3.05, 3.63) is 28.1 Å². The number of aliphatic imine (C=N–C) groups is 1. The second kappa shape index (κ2) is 5.66. The van der Waals surface area contributed by atoms with Crippen molar-refractivity contribution < 1.29 is 4.79 Å². The molecule has 0 radical (unpaired) electrons. The molecular formula is C14H18N4O2. The molecule has 106 valence electrons. The minimum atomic E-state index is -0.728. The Bertz CT molecular complexity index is 513. The summed E-state index contributed by atoms with van der Waals surface area (Å²) in [6, 6.07) is 0. The van der Waals surface area contributed by atoms with E-state index >= 15 is 0 Å². The van der Waals surface area contributed by atoms with Gasteiger partial charge < -0.3 is 0 Å². The summed E-state index contributed by atoms with van der Waals surface area (Å²) in [5, 5.41) is 4.38. The van der Waals surface area contributed by atoms with Gasteiger partial charge in [-0.2, -0.15) is 0 Å². The average molecular weight is 274 g/mol. The monoisotopic (exact) mass is 274 g/mol. The van der Waals surface area contributed by atoms with Gasteiger partial charge in [0.05, 0.1) is 5.57 Å². The first kappa shape index (κ1) is 13.2. The minimum Gasteiger partial charge on any atom is -0.263 e. The van der Waals surface area contributed by atoms with Gasteiger partial charge >= 0.3 is 5.91 Å². The van der Waals surface area contributed by atoms with Crippen LogP contribution in [0, 0.1) is 10.8 Å². The van der Waals surface area contributed by atoms with E-state index in [0.717, 1.165) is 5.70 Å². The van der Waals surface area contributed by atoms with Gasteiger partial charge in [-0.15, -0.1) is 4.91 Å². The van der Waals surface area contributed by atoms with Gasteiger partial charge in [0, 0.05) is 29.6 Å². The summed E-state index contributed by atoms with van der Waals surface area (Å²) in [7, 11) is 0. The number of hydrogen-bond donors (Lipinski definition) is 1. The lowest BCUT2D eigenvalue weighted by Gasteiger charge is -2.30. The fourth-order valence-electron chi connectivity index (χ4n) is 3.18. The topological polar surface area (TPSA) is 74.1 Å². The zero-order valence-corrected chi connectivity index (χ0v) is 11.3. The number of nitroso groups, excluding NO2 is 1. The van der Waals surface area contributed by atoms with Crippen LogP contribution in [0.2, 0.25) is 0 Å². The molecule has 2 aliphatic heterocycles. The largest absolute Gasteiger partial charge is 0.317 e. The number of hydrazine groups is 1. The first-order valence-corrected chi connectivity index (χ1v) is 7.20. The molecule has 0 aromatic rings. The average Bonchev–Trinajstić information content (AvgIpc) is 2.73. The highest BCUT2D eigenvalue weighted by Crippen LogP contribution is 2.35. The third-order valence-electron chi connectivity index (χ3n) is 4.21. The van der Waals surface area contributed by atoms with Crippen molar-refractivity contribution in [2.45, 2.75) is 38.5 Å². The maximum atomic E-state index is 11.5. The van der Waals surface area contributed by atoms with E-state index in [-0.39, 0.29) is 0 Å². The lowest BCUT2D eigenvalue weighted by Crippen LogP contribution is -2.35. The van der Waals surface area contributed by atoms with Crippen LogP contribution < -0.4 is 5.43 Å². The number of nitrogens with one attached hydrogen (secondary N) is 1. The molecule has 1 aliphatic carbocycles. The molecular weight excluding hydrogens is 256 g/mol. The quantitative estimate of drug-likeness (QED) is 0.619. The van der Waals surface area contributed by atoms with E-state index in [1.165, 1.54) is 38.5 Å². The molecule has 3 aliphatic rings. The molecule has 0 bridgehead atoms. The Balaban J connectivity index is 1.86. The predicted octanol–water partition coefficient (Wildman–Crippen LogP) is 2.25. The lowest BCUT2D eigenvalue weighted by atomic mass is 9.95. The number of rotatable bonds is 2. The van der Waals surface area contributed by atoms with Crippen molar-refractivity contribution in [3.63, 3.8) is 0 Å². The third-order valence-corrected chi connectivity index (χ3v) is 4.21. The van der Waals surface area contributed by atoms with Crippen LogP contribution in [0.4, 0.5) is 0 Å². The summed E-state index contributed by atoms with van der Waals surface area (Å²) in [5.41, 5.74) is 4.66. The molecule has 0 saturated heterocycles. The number of carbonyl (C=O) groups excluding carboxylic acids is 1. The molecule has 1 fully saturated rings. The van der Waals surface area contributed by atoms with Gasteiger partial charge in [-0.25, -0.2) is 10.4 Å². The van der Waals surface area contributed by atoms with Gasteiger partial charge in [0.1, 0.15) is 0 Å². The van der Waals surface area contributed by atoms with E-state index in [1.54, 1.807) is 6.21 Å². The zero-order chi connectivity index (χ0) is 13.9. The van der Waals surface area contributed by atoms with Crippen molar-refractivity contribution in [1.82, 2.24) is 10.4 Å². The number of allylic oxidation sites excluding steroid dienone is 2. The molecule has 0 spiro atoms. The van der Waals surface area contributed by atoms with Gasteiger partial charge in [0.2, 0.25) is 0 Å². The molecule has 0 unspecified atom stereocenters. The second-order valence-corrected chi connectivity index (χ2v) is 5.43. The lowest BCUT2D eigenvalue weighted by molar-refractivity contribution is -0.114. The highest BCUT2D eigenvalue weighted by molar-refractivity contribution is 5.96. The van der Waals surface area contributed by atoms with Crippen molar-refractivity contribution in [1.29, 1.82) is 0 Å². The number of nitrogens with zero attached hydrogens (tertiary/aromatic N) is 3. The van der Waals surface area contributed by atoms with Crippen LogP contribution in [0.3, 0.4) is 0 Å². The summed E-state index contributed by atoms with van der Waals surface area (Å²) in [5.74, 6) is 0.302. The van der Waals surface area contributed by atoms with E-state index in [2.05, 4.69) is 15.6 Å². The summed E-state index contributed by atoms with van der Waals surface area (Å²) in [4.78, 5) is 26.2. The maximum Gasteiger partial charge on any atom is 0.317 e. The molecule has 20 heavy (non-hydrogen) atoms. The van der Waals surface area contributed by atoms with E-state index < -0.39 is 5.91 Å². The first-order chi connectivity index (χ1) is 9.81. The van der Waals surface area contributed by atoms with E-state index in [9.17, 15) is 9.70 Å². The van der Waals surface area contributed by atoms with Crippen molar-refractivity contribution >= 4 is 12.1 Å². The van der Waals surface area contributed by atoms with Crippen molar-refractivity contribution in [2.24, 2.45) is 16.1 Å². The highest BCUT2D eigenvalue weighted by atomic mass is 16.3. The van der Waals surface area contributed by atoms with Crippen LogP contribution in [0.25, 0.3) is 0 Å². The minimum absolute atomic E-state index is 0.321. The summed E-state index contributed by atoms with van der Waals surface area (Å²) >= 11 is 0. The van der Waals surface area contributed by atoms with Crippen molar-refractivity contribution in [2.75, 3.05) is 6.54 Å². The Labute approximate surface area is 117 Å². The number of amides is 1. The molecule has 1 N–H and O–H groups in total. The summed E-state index contributed by atoms with van der Waals surface area (Å²) < 4.78 is 0. The fraction of sp³-hybridized carbons (Fsp3) is 0.571. The molecule has 0 aromatic carbocycles. The van der Waals surface area contributed by atoms with Crippen LogP contribution >= 0.6 is 0 Å². The van der Waals surface area contributed by atoms with Gasteiger partial charge in [-0.05, 0) is 18.9 Å². The second-order valence-electron chi connectivity index (χ2n) is 5.43. The Morgan fingerprint density at radius 2 is 2.05 bits per heavy atom. The maximum absolute atomic E-state index is 11.5. The van der Waals surface area contributed by atoms with Gasteiger partial charge in [-0.3, -0.25) is 9.80 Å². The number of hydrogen-bond acceptors (Lipinski definition) is 5. The van der Waals surface area contributed by atoms with Crippen LogP contribution in [-0.4, -0.2) is 23.7 Å². The van der Waals surface area contributed by atoms with Crippen molar-refractivity contribution in [3.8, 4) is 0 Å². The smallest absolute Gasteiger partial charge is 0.263 e. The molecule has 1 saturated carbocycles. The van der Waals surface area contributed by atoms with E-state index in [0.29, 0.717) is 23.9 Å². The summed E-state index contributed by atoms with van der Waals surface area (Å²) in [6.45, 7) is 0.321. The molecule has 6 nitrogen and oxygen atoms in total. The molecule has 0 aromatic heterocycles. The Morgan fingerprint density at radius 1 is 1.30 bits per heavy atom. The van der Waals surface area contributed by atoms with Gasteiger partial charge in [-0.1, -0.05) is 25.7 Å². The highest BCUT2D eigenvalue weighted by Gasteiger charge is 2.33. The molecule has 3 rings (SSSR count). The standard InChI is InChI=1S/C14H18N4O2/c19-14(17-20)11-9-16-18-12(7-8-15-13(11)18)10-5-3-1-2-4-6-10/h7-8,10,16H,1-6,9H2. The molecule has 0 atom stereocenters. The Kier molecular flexibility index (Phi) is 3.73. The Morgan fingerprint density at radius 3 is 2.75 bits per heavy atom. The van der Waals surface area contributed by atoms with Gasteiger partial charge in [0.15, 0.2) is 5.82 Å². The zero-order valence-electron chi connectivity index (χ0n) is 11.3. The normalized spacial score (nSPS) is 23.4. The van der Waals surface area contributed by atoms with Crippen LogP contribution in [0.1, 0.15) is 38.5 Å². The first-order valence-electron chi connectivity index (χ1n) is 7.20. The fourth-order valence-corrected chi connectivity index (χ4v) is 3.18. The SMILES string of the molecule is O=NC(=O)C1=C2N=CC=C(C3CCCCCC3)N2NC1. The molecule has 1 amide bonds. The van der Waals surface area contributed by atoms with Gasteiger partial charge in [0.25, 0.3) is 0 Å². The Hall–Kier alpha value is -1.82. The van der Waals surface area contributed by atoms with E-state index in [1.807, 2.05) is 11.1 Å². The molecule has 6 heteroatoms. The summed E-state index contributed by atoms with van der Waals surface area (Å²) in [6.07, 6.45) is 11.1. The van der Waals surface area contributed by atoms with Crippen LogP contribution in [-0.2, 0) is 4.79 Å².